The van der Waals surface area contributed by atoms with Gasteiger partial charge in [-0.1, -0.05) is 60.4 Å². The van der Waals surface area contributed by atoms with Crippen molar-refractivity contribution >= 4 is 16.7 Å². The van der Waals surface area contributed by atoms with E-state index in [4.69, 9.17) is 4.74 Å². The van der Waals surface area contributed by atoms with Crippen molar-refractivity contribution in [3.8, 4) is 17.6 Å². The lowest BCUT2D eigenvalue weighted by molar-refractivity contribution is -0.120. The molecule has 0 spiro atoms. The van der Waals surface area contributed by atoms with Crippen LogP contribution >= 0.6 is 0 Å². The second-order valence-electron chi connectivity index (χ2n) is 5.70. The topological polar surface area (TPSA) is 38.3 Å². The summed E-state index contributed by atoms with van der Waals surface area (Å²) in [5, 5.41) is 4.87. The number of hydrogen-bond acceptors (Lipinski definition) is 2. The van der Waals surface area contributed by atoms with Crippen molar-refractivity contribution in [2.24, 2.45) is 0 Å². The molecule has 0 aliphatic carbocycles. The maximum Gasteiger partial charge on any atom is 0.225 e. The molecule has 0 unspecified atom stereocenters. The van der Waals surface area contributed by atoms with Crippen molar-refractivity contribution in [1.29, 1.82) is 0 Å². The molecule has 0 atom stereocenters. The lowest BCUT2D eigenvalue weighted by atomic mass is 10.1. The minimum Gasteiger partial charge on any atom is -0.480 e. The van der Waals surface area contributed by atoms with Gasteiger partial charge in [-0.3, -0.25) is 4.79 Å². The fourth-order valence-electron chi connectivity index (χ4n) is 2.54. The SMILES string of the molecule is O=C(Cc1ccc(F)cc1)NCC#CCOc1cccc2ccccc12. The molecule has 1 N–H and O–H groups in total. The molecule has 130 valence electrons. The fourth-order valence-corrected chi connectivity index (χ4v) is 2.54. The molecular formula is C22H18FNO2. The van der Waals surface area contributed by atoms with Gasteiger partial charge in [0.1, 0.15) is 18.2 Å². The van der Waals surface area contributed by atoms with E-state index in [0.717, 1.165) is 22.1 Å². The number of nitrogens with one attached hydrogen (secondary N) is 1. The molecule has 3 aromatic carbocycles. The van der Waals surface area contributed by atoms with E-state index in [1.165, 1.54) is 12.1 Å². The van der Waals surface area contributed by atoms with Crippen LogP contribution in [0, 0.1) is 17.7 Å². The van der Waals surface area contributed by atoms with Gasteiger partial charge in [-0.05, 0) is 29.1 Å². The van der Waals surface area contributed by atoms with Crippen LogP contribution in [0.25, 0.3) is 10.8 Å². The Morgan fingerprint density at radius 2 is 1.73 bits per heavy atom. The predicted molar refractivity (Wildman–Crippen MR) is 100 cm³/mol. The molecule has 3 rings (SSSR count). The Hall–Kier alpha value is -3.32. The summed E-state index contributed by atoms with van der Waals surface area (Å²) in [6, 6.07) is 19.8. The van der Waals surface area contributed by atoms with Gasteiger partial charge in [-0.15, -0.1) is 0 Å². The number of halogens is 1. The van der Waals surface area contributed by atoms with E-state index in [1.54, 1.807) is 12.1 Å². The van der Waals surface area contributed by atoms with E-state index >= 15 is 0 Å². The third-order valence-corrected chi connectivity index (χ3v) is 3.83. The van der Waals surface area contributed by atoms with Gasteiger partial charge >= 0.3 is 0 Å². The Labute approximate surface area is 151 Å². The van der Waals surface area contributed by atoms with E-state index in [0.29, 0.717) is 0 Å². The number of hydrogen-bond donors (Lipinski definition) is 1. The van der Waals surface area contributed by atoms with Crippen LogP contribution in [0.4, 0.5) is 4.39 Å². The first-order chi connectivity index (χ1) is 12.7. The summed E-state index contributed by atoms with van der Waals surface area (Å²) in [7, 11) is 0. The van der Waals surface area contributed by atoms with Crippen molar-refractivity contribution in [2.45, 2.75) is 6.42 Å². The third-order valence-electron chi connectivity index (χ3n) is 3.83. The Balaban J connectivity index is 1.44. The highest BCUT2D eigenvalue weighted by Crippen LogP contribution is 2.24. The second kappa shape index (κ2) is 8.68. The van der Waals surface area contributed by atoms with Crippen LogP contribution < -0.4 is 10.1 Å². The van der Waals surface area contributed by atoms with Crippen LogP contribution in [-0.4, -0.2) is 19.1 Å². The zero-order valence-electron chi connectivity index (χ0n) is 14.2. The summed E-state index contributed by atoms with van der Waals surface area (Å²) >= 11 is 0. The molecule has 3 aromatic rings. The average Bonchev–Trinajstić information content (AvgIpc) is 2.66. The number of rotatable bonds is 5. The molecule has 0 fully saturated rings. The van der Waals surface area contributed by atoms with Gasteiger partial charge in [0.25, 0.3) is 0 Å². The lowest BCUT2D eigenvalue weighted by Gasteiger charge is -2.06. The quantitative estimate of drug-likeness (QED) is 0.715. The first-order valence-electron chi connectivity index (χ1n) is 8.30. The summed E-state index contributed by atoms with van der Waals surface area (Å²) in [5.41, 5.74) is 0.760. The molecule has 0 heterocycles. The number of benzene rings is 3. The lowest BCUT2D eigenvalue weighted by Crippen LogP contribution is -2.25. The summed E-state index contributed by atoms with van der Waals surface area (Å²) in [6.45, 7) is 0.501. The average molecular weight is 347 g/mol. The highest BCUT2D eigenvalue weighted by Gasteiger charge is 2.02. The van der Waals surface area contributed by atoms with Crippen LogP contribution in [0.1, 0.15) is 5.56 Å². The van der Waals surface area contributed by atoms with Crippen LogP contribution in [0.15, 0.2) is 66.7 Å². The van der Waals surface area contributed by atoms with Crippen LogP contribution in [0.3, 0.4) is 0 Å². The van der Waals surface area contributed by atoms with Crippen molar-refractivity contribution in [1.82, 2.24) is 5.32 Å². The van der Waals surface area contributed by atoms with Gasteiger partial charge in [0.15, 0.2) is 0 Å². The molecule has 0 radical (unpaired) electrons. The molecule has 0 aromatic heterocycles. The molecule has 3 nitrogen and oxygen atoms in total. The summed E-state index contributed by atoms with van der Waals surface area (Å²) < 4.78 is 18.5. The Bertz CT molecular complexity index is 950. The van der Waals surface area contributed by atoms with E-state index in [2.05, 4.69) is 17.2 Å². The van der Waals surface area contributed by atoms with Gasteiger partial charge in [0, 0.05) is 5.39 Å². The molecule has 0 aliphatic heterocycles. The summed E-state index contributed by atoms with van der Waals surface area (Å²) in [6.07, 6.45) is 0.203. The number of carbonyl (C=O) groups is 1. The highest BCUT2D eigenvalue weighted by atomic mass is 19.1. The number of fused-ring (bicyclic) bond motifs is 1. The van der Waals surface area contributed by atoms with Gasteiger partial charge < -0.3 is 10.1 Å². The van der Waals surface area contributed by atoms with Gasteiger partial charge in [0.2, 0.25) is 5.91 Å². The monoisotopic (exact) mass is 347 g/mol. The van der Waals surface area contributed by atoms with E-state index < -0.39 is 0 Å². The summed E-state index contributed by atoms with van der Waals surface area (Å²) in [4.78, 5) is 11.8. The second-order valence-corrected chi connectivity index (χ2v) is 5.70. The first kappa shape index (κ1) is 17.5. The summed E-state index contributed by atoms with van der Waals surface area (Å²) in [5.74, 6) is 6.08. The van der Waals surface area contributed by atoms with Crippen molar-refractivity contribution in [3.05, 3.63) is 78.1 Å². The molecule has 1 amide bonds. The first-order valence-corrected chi connectivity index (χ1v) is 8.30. The molecule has 26 heavy (non-hydrogen) atoms. The van der Waals surface area contributed by atoms with Crippen LogP contribution in [0.5, 0.6) is 5.75 Å². The zero-order chi connectivity index (χ0) is 18.2. The third kappa shape index (κ3) is 4.84. The van der Waals surface area contributed by atoms with Crippen molar-refractivity contribution < 1.29 is 13.9 Å². The van der Waals surface area contributed by atoms with Crippen LogP contribution in [-0.2, 0) is 11.2 Å². The van der Waals surface area contributed by atoms with Gasteiger partial charge in [-0.25, -0.2) is 4.39 Å². The van der Waals surface area contributed by atoms with Crippen molar-refractivity contribution in [2.75, 3.05) is 13.2 Å². The molecule has 0 saturated carbocycles. The number of carbonyl (C=O) groups excluding carboxylic acids is 1. The molecule has 0 aliphatic rings. The van der Waals surface area contributed by atoms with E-state index in [9.17, 15) is 9.18 Å². The maximum absolute atomic E-state index is 12.8. The molecule has 0 bridgehead atoms. The Morgan fingerprint density at radius 3 is 2.58 bits per heavy atom. The van der Waals surface area contributed by atoms with Crippen molar-refractivity contribution in [3.63, 3.8) is 0 Å². The molecule has 4 heteroatoms. The Kier molecular flexibility index (Phi) is 5.84. The molecular weight excluding hydrogens is 329 g/mol. The zero-order valence-corrected chi connectivity index (χ0v) is 14.2. The predicted octanol–water partition coefficient (Wildman–Crippen LogP) is 3.72. The number of amides is 1. The minimum absolute atomic E-state index is 0.152. The minimum atomic E-state index is -0.314. The highest BCUT2D eigenvalue weighted by molar-refractivity contribution is 5.88. The maximum atomic E-state index is 12.8. The molecule has 0 saturated heterocycles. The fraction of sp³-hybridized carbons (Fsp3) is 0.136. The van der Waals surface area contributed by atoms with Gasteiger partial charge in [0.05, 0.1) is 13.0 Å². The van der Waals surface area contributed by atoms with E-state index in [-0.39, 0.29) is 31.3 Å². The van der Waals surface area contributed by atoms with Crippen LogP contribution in [0.2, 0.25) is 0 Å². The standard InChI is InChI=1S/C22H18FNO2/c23-19-12-10-17(11-13-19)16-22(25)24-14-3-4-15-26-21-9-5-7-18-6-1-2-8-20(18)21/h1-2,5-13H,14-16H2,(H,24,25). The largest absolute Gasteiger partial charge is 0.480 e. The smallest absolute Gasteiger partial charge is 0.225 e. The van der Waals surface area contributed by atoms with E-state index in [1.807, 2.05) is 42.5 Å². The number of ether oxygens (including phenoxy) is 1. The Morgan fingerprint density at radius 1 is 0.962 bits per heavy atom. The van der Waals surface area contributed by atoms with Gasteiger partial charge in [-0.2, -0.15) is 0 Å². The normalized spacial score (nSPS) is 10.0.